The maximum atomic E-state index is 10.2. The monoisotopic (exact) mass is 170 g/mol. The van der Waals surface area contributed by atoms with Gasteiger partial charge >= 0.3 is 0 Å². The lowest BCUT2D eigenvalue weighted by Gasteiger charge is -2.30. The third kappa shape index (κ3) is 2.22. The average molecular weight is 170 g/mol. The summed E-state index contributed by atoms with van der Waals surface area (Å²) in [4.78, 5) is 0. The van der Waals surface area contributed by atoms with Crippen LogP contribution in [0.4, 0.5) is 0 Å². The third-order valence-corrected chi connectivity index (χ3v) is 3.45. The van der Waals surface area contributed by atoms with Crippen LogP contribution in [0.25, 0.3) is 0 Å². The number of aliphatic hydroxyl groups is 1. The van der Waals surface area contributed by atoms with Crippen molar-refractivity contribution in [2.24, 2.45) is 11.8 Å². The minimum Gasteiger partial charge on any atom is -0.390 e. The largest absolute Gasteiger partial charge is 0.390 e. The molecule has 2 atom stereocenters. The quantitative estimate of drug-likeness (QED) is 0.600. The van der Waals surface area contributed by atoms with Gasteiger partial charge in [0.25, 0.3) is 0 Å². The van der Waals surface area contributed by atoms with E-state index in [9.17, 15) is 5.11 Å². The summed E-state index contributed by atoms with van der Waals surface area (Å²) in [6, 6.07) is 0. The highest BCUT2D eigenvalue weighted by atomic mass is 16.3. The van der Waals surface area contributed by atoms with Crippen LogP contribution in [0.1, 0.15) is 52.9 Å². The Morgan fingerprint density at radius 2 is 1.92 bits per heavy atom. The normalized spacial score (nSPS) is 38.2. The molecule has 0 radical (unpaired) electrons. The SMILES string of the molecule is CC1CCCC(O)(C(C)C)CC1. The molecule has 0 bridgehead atoms. The van der Waals surface area contributed by atoms with Crippen molar-refractivity contribution in [3.8, 4) is 0 Å². The molecule has 1 saturated carbocycles. The first-order valence-corrected chi connectivity index (χ1v) is 5.27. The minimum atomic E-state index is -0.356. The van der Waals surface area contributed by atoms with E-state index in [1.807, 2.05) is 0 Å². The number of rotatable bonds is 1. The zero-order valence-corrected chi connectivity index (χ0v) is 8.64. The number of hydrogen-bond donors (Lipinski definition) is 1. The first-order valence-electron chi connectivity index (χ1n) is 5.27. The fraction of sp³-hybridized carbons (Fsp3) is 1.00. The van der Waals surface area contributed by atoms with Gasteiger partial charge in [0.05, 0.1) is 5.60 Å². The van der Waals surface area contributed by atoms with Crippen LogP contribution in [0.5, 0.6) is 0 Å². The van der Waals surface area contributed by atoms with E-state index in [-0.39, 0.29) is 5.60 Å². The molecule has 0 aliphatic heterocycles. The molecular formula is C11H22O. The van der Waals surface area contributed by atoms with E-state index in [0.29, 0.717) is 5.92 Å². The van der Waals surface area contributed by atoms with Crippen molar-refractivity contribution < 1.29 is 5.11 Å². The van der Waals surface area contributed by atoms with Crippen LogP contribution in [0.2, 0.25) is 0 Å². The van der Waals surface area contributed by atoms with Gasteiger partial charge in [-0.25, -0.2) is 0 Å². The Labute approximate surface area is 76.2 Å². The van der Waals surface area contributed by atoms with E-state index in [4.69, 9.17) is 0 Å². The standard InChI is InChI=1S/C11H22O/c1-9(2)11(12)7-4-5-10(3)6-8-11/h9-10,12H,4-8H2,1-3H3. The minimum absolute atomic E-state index is 0.356. The van der Waals surface area contributed by atoms with Crippen LogP contribution in [0, 0.1) is 11.8 Å². The summed E-state index contributed by atoms with van der Waals surface area (Å²) >= 11 is 0. The lowest BCUT2D eigenvalue weighted by Crippen LogP contribution is -2.34. The van der Waals surface area contributed by atoms with Gasteiger partial charge in [-0.1, -0.05) is 33.6 Å². The predicted molar refractivity (Wildman–Crippen MR) is 52.0 cm³/mol. The predicted octanol–water partition coefficient (Wildman–Crippen LogP) is 2.97. The van der Waals surface area contributed by atoms with Crippen molar-refractivity contribution in [1.82, 2.24) is 0 Å². The van der Waals surface area contributed by atoms with Gasteiger partial charge in [0.15, 0.2) is 0 Å². The summed E-state index contributed by atoms with van der Waals surface area (Å²) in [5, 5.41) is 10.2. The zero-order chi connectivity index (χ0) is 9.19. The molecule has 0 aromatic carbocycles. The van der Waals surface area contributed by atoms with E-state index in [1.54, 1.807) is 0 Å². The third-order valence-electron chi connectivity index (χ3n) is 3.45. The van der Waals surface area contributed by atoms with Crippen LogP contribution in [-0.4, -0.2) is 10.7 Å². The maximum Gasteiger partial charge on any atom is 0.0670 e. The van der Waals surface area contributed by atoms with Gasteiger partial charge in [-0.05, 0) is 31.1 Å². The van der Waals surface area contributed by atoms with Gasteiger partial charge in [0.2, 0.25) is 0 Å². The highest BCUT2D eigenvalue weighted by Gasteiger charge is 2.32. The molecule has 1 heteroatoms. The summed E-state index contributed by atoms with van der Waals surface area (Å²) in [5.74, 6) is 1.24. The van der Waals surface area contributed by atoms with Crippen molar-refractivity contribution >= 4 is 0 Å². The van der Waals surface area contributed by atoms with E-state index in [0.717, 1.165) is 18.8 Å². The molecule has 0 saturated heterocycles. The van der Waals surface area contributed by atoms with E-state index < -0.39 is 0 Å². The van der Waals surface area contributed by atoms with Crippen LogP contribution in [0.3, 0.4) is 0 Å². The second-order valence-electron chi connectivity index (χ2n) is 4.79. The Kier molecular flexibility index (Phi) is 3.16. The topological polar surface area (TPSA) is 20.2 Å². The van der Waals surface area contributed by atoms with E-state index >= 15 is 0 Å². The van der Waals surface area contributed by atoms with Gasteiger partial charge in [-0.15, -0.1) is 0 Å². The zero-order valence-electron chi connectivity index (χ0n) is 8.64. The fourth-order valence-electron chi connectivity index (χ4n) is 2.10. The van der Waals surface area contributed by atoms with Gasteiger partial charge < -0.3 is 5.11 Å². The highest BCUT2D eigenvalue weighted by molar-refractivity contribution is 4.84. The summed E-state index contributed by atoms with van der Waals surface area (Å²) in [7, 11) is 0. The van der Waals surface area contributed by atoms with E-state index in [2.05, 4.69) is 20.8 Å². The van der Waals surface area contributed by atoms with E-state index in [1.165, 1.54) is 19.3 Å². The maximum absolute atomic E-state index is 10.2. The lowest BCUT2D eigenvalue weighted by molar-refractivity contribution is -0.0195. The molecule has 72 valence electrons. The Balaban J connectivity index is 2.55. The van der Waals surface area contributed by atoms with Crippen molar-refractivity contribution in [1.29, 1.82) is 0 Å². The Hall–Kier alpha value is -0.0400. The van der Waals surface area contributed by atoms with Gasteiger partial charge in [-0.3, -0.25) is 0 Å². The molecule has 0 aromatic rings. The Morgan fingerprint density at radius 1 is 1.25 bits per heavy atom. The second-order valence-corrected chi connectivity index (χ2v) is 4.79. The molecule has 1 aliphatic carbocycles. The molecule has 0 heterocycles. The molecule has 1 N–H and O–H groups in total. The second kappa shape index (κ2) is 3.78. The summed E-state index contributed by atoms with van der Waals surface area (Å²) < 4.78 is 0. The van der Waals surface area contributed by atoms with Crippen molar-refractivity contribution in [3.63, 3.8) is 0 Å². The molecule has 1 aliphatic rings. The van der Waals surface area contributed by atoms with Gasteiger partial charge in [-0.2, -0.15) is 0 Å². The smallest absolute Gasteiger partial charge is 0.0670 e. The Bertz CT molecular complexity index is 142. The molecule has 2 unspecified atom stereocenters. The number of hydrogen-bond acceptors (Lipinski definition) is 1. The summed E-state index contributed by atoms with van der Waals surface area (Å²) in [5.41, 5.74) is -0.356. The summed E-state index contributed by atoms with van der Waals surface area (Å²) in [6.45, 7) is 6.57. The van der Waals surface area contributed by atoms with Crippen molar-refractivity contribution in [2.45, 2.75) is 58.5 Å². The highest BCUT2D eigenvalue weighted by Crippen LogP contribution is 2.34. The molecule has 1 nitrogen and oxygen atoms in total. The van der Waals surface area contributed by atoms with Crippen LogP contribution >= 0.6 is 0 Å². The van der Waals surface area contributed by atoms with Crippen LogP contribution < -0.4 is 0 Å². The molecule has 0 aromatic heterocycles. The van der Waals surface area contributed by atoms with Gasteiger partial charge in [0.1, 0.15) is 0 Å². The van der Waals surface area contributed by atoms with Crippen LogP contribution in [0.15, 0.2) is 0 Å². The molecule has 1 rings (SSSR count). The molecule has 1 fully saturated rings. The first kappa shape index (κ1) is 10.0. The van der Waals surface area contributed by atoms with Crippen LogP contribution in [-0.2, 0) is 0 Å². The van der Waals surface area contributed by atoms with Crippen molar-refractivity contribution in [3.05, 3.63) is 0 Å². The molecular weight excluding hydrogens is 148 g/mol. The molecule has 0 spiro atoms. The van der Waals surface area contributed by atoms with Crippen molar-refractivity contribution in [2.75, 3.05) is 0 Å². The average Bonchev–Trinajstić information content (AvgIpc) is 2.15. The fourth-order valence-corrected chi connectivity index (χ4v) is 2.10. The molecule has 0 amide bonds. The first-order chi connectivity index (χ1) is 5.54. The molecule has 12 heavy (non-hydrogen) atoms. The lowest BCUT2D eigenvalue weighted by atomic mass is 9.83. The summed E-state index contributed by atoms with van der Waals surface area (Å²) in [6.07, 6.45) is 5.72. The van der Waals surface area contributed by atoms with Gasteiger partial charge in [0, 0.05) is 0 Å². The Morgan fingerprint density at radius 3 is 2.50 bits per heavy atom.